The van der Waals surface area contributed by atoms with Crippen LogP contribution in [0, 0.1) is 5.82 Å². The highest BCUT2D eigenvalue weighted by Crippen LogP contribution is 2.22. The summed E-state index contributed by atoms with van der Waals surface area (Å²) in [6.45, 7) is 0.0545. The van der Waals surface area contributed by atoms with E-state index in [1.54, 1.807) is 18.2 Å². The summed E-state index contributed by atoms with van der Waals surface area (Å²) in [5, 5.41) is 0. The van der Waals surface area contributed by atoms with Crippen molar-refractivity contribution in [1.82, 2.24) is 4.98 Å². The number of benzene rings is 1. The fraction of sp³-hybridized carbons (Fsp3) is 0.143. The maximum atomic E-state index is 13.6. The number of halogens is 1. The second kappa shape index (κ2) is 5.95. The number of nitrogens with zero attached hydrogens (tertiary/aromatic N) is 1. The summed E-state index contributed by atoms with van der Waals surface area (Å²) >= 11 is 0. The van der Waals surface area contributed by atoms with Gasteiger partial charge in [0, 0.05) is 6.07 Å². The molecule has 0 bridgehead atoms. The third-order valence-corrected chi connectivity index (χ3v) is 2.48. The molecule has 0 N–H and O–H groups in total. The van der Waals surface area contributed by atoms with E-state index in [1.807, 2.05) is 0 Å². The van der Waals surface area contributed by atoms with Crippen LogP contribution in [0.15, 0.2) is 36.4 Å². The summed E-state index contributed by atoms with van der Waals surface area (Å²) in [7, 11) is 1.51. The number of ether oxygens (including phenoxy) is 2. The van der Waals surface area contributed by atoms with Gasteiger partial charge >= 0.3 is 0 Å². The van der Waals surface area contributed by atoms with E-state index in [1.165, 1.54) is 25.3 Å². The van der Waals surface area contributed by atoms with Crippen LogP contribution in [-0.2, 0) is 6.61 Å². The molecule has 0 fully saturated rings. The first kappa shape index (κ1) is 13.0. The van der Waals surface area contributed by atoms with Gasteiger partial charge in [-0.15, -0.1) is 0 Å². The number of aromatic nitrogens is 1. The van der Waals surface area contributed by atoms with Crippen LogP contribution in [0.4, 0.5) is 4.39 Å². The molecule has 98 valence electrons. The summed E-state index contributed by atoms with van der Waals surface area (Å²) in [6, 6.07) is 9.36. The Morgan fingerprint density at radius 2 is 2.05 bits per heavy atom. The summed E-state index contributed by atoms with van der Waals surface area (Å²) in [4.78, 5) is 14.9. The second-order valence-electron chi connectivity index (χ2n) is 3.74. The Labute approximate surface area is 109 Å². The lowest BCUT2D eigenvalue weighted by Crippen LogP contribution is -2.03. The van der Waals surface area contributed by atoms with E-state index in [0.717, 1.165) is 0 Å². The smallest absolute Gasteiger partial charge is 0.213 e. The average Bonchev–Trinajstić information content (AvgIpc) is 2.46. The molecule has 0 saturated carbocycles. The van der Waals surface area contributed by atoms with E-state index in [4.69, 9.17) is 9.47 Å². The lowest BCUT2D eigenvalue weighted by Gasteiger charge is -2.09. The molecule has 0 amide bonds. The Morgan fingerprint density at radius 1 is 1.26 bits per heavy atom. The Bertz CT molecular complexity index is 587. The van der Waals surface area contributed by atoms with Crippen LogP contribution in [0.25, 0.3) is 0 Å². The molecule has 0 aliphatic rings. The predicted molar refractivity (Wildman–Crippen MR) is 66.9 cm³/mol. The fourth-order valence-electron chi connectivity index (χ4n) is 1.57. The quantitative estimate of drug-likeness (QED) is 0.776. The number of aldehydes is 1. The highest BCUT2D eigenvalue weighted by molar-refractivity contribution is 5.79. The molecule has 0 aliphatic carbocycles. The Hall–Kier alpha value is -2.43. The van der Waals surface area contributed by atoms with Crippen molar-refractivity contribution in [2.75, 3.05) is 7.11 Å². The van der Waals surface area contributed by atoms with Gasteiger partial charge in [0.25, 0.3) is 0 Å². The van der Waals surface area contributed by atoms with Crippen molar-refractivity contribution >= 4 is 6.29 Å². The molecule has 0 saturated heterocycles. The molecule has 0 unspecified atom stereocenters. The third-order valence-electron chi connectivity index (χ3n) is 2.48. The zero-order valence-corrected chi connectivity index (χ0v) is 10.3. The lowest BCUT2D eigenvalue weighted by atomic mass is 10.2. The Kier molecular flexibility index (Phi) is 4.07. The monoisotopic (exact) mass is 261 g/mol. The number of methoxy groups -OCH3 is 1. The van der Waals surface area contributed by atoms with E-state index >= 15 is 0 Å². The minimum absolute atomic E-state index is 0.0545. The van der Waals surface area contributed by atoms with Crippen LogP contribution in [-0.4, -0.2) is 18.4 Å². The highest BCUT2D eigenvalue weighted by Gasteiger charge is 2.09. The molecule has 4 nitrogen and oxygen atoms in total. The zero-order valence-electron chi connectivity index (χ0n) is 10.3. The molecule has 1 aromatic carbocycles. The average molecular weight is 261 g/mol. The molecule has 1 aromatic heterocycles. The number of pyridine rings is 1. The molecule has 2 aromatic rings. The highest BCUT2D eigenvalue weighted by atomic mass is 19.1. The maximum Gasteiger partial charge on any atom is 0.213 e. The van der Waals surface area contributed by atoms with Crippen LogP contribution in [0.2, 0.25) is 0 Å². The molecule has 2 rings (SSSR count). The van der Waals surface area contributed by atoms with Crippen LogP contribution >= 0.6 is 0 Å². The molecule has 0 spiro atoms. The third kappa shape index (κ3) is 3.07. The molecule has 19 heavy (non-hydrogen) atoms. The Morgan fingerprint density at radius 3 is 2.79 bits per heavy atom. The fourth-order valence-corrected chi connectivity index (χ4v) is 1.57. The SMILES string of the molecule is COc1cccc(COc2c(F)cccc2C=O)n1. The van der Waals surface area contributed by atoms with Crippen LogP contribution < -0.4 is 9.47 Å². The van der Waals surface area contributed by atoms with Crippen molar-refractivity contribution < 1.29 is 18.7 Å². The first-order valence-corrected chi connectivity index (χ1v) is 5.61. The number of hydrogen-bond donors (Lipinski definition) is 0. The predicted octanol–water partition coefficient (Wildman–Crippen LogP) is 2.62. The van der Waals surface area contributed by atoms with Gasteiger partial charge in [-0.3, -0.25) is 4.79 Å². The Balaban J connectivity index is 2.16. The van der Waals surface area contributed by atoms with Crippen molar-refractivity contribution in [2.45, 2.75) is 6.61 Å². The summed E-state index contributed by atoms with van der Waals surface area (Å²) in [5.41, 5.74) is 0.752. The van der Waals surface area contributed by atoms with Gasteiger partial charge in [0.1, 0.15) is 6.61 Å². The first-order chi connectivity index (χ1) is 9.24. The minimum atomic E-state index is -0.576. The molecule has 5 heteroatoms. The molecule has 1 heterocycles. The summed E-state index contributed by atoms with van der Waals surface area (Å²) in [6.07, 6.45) is 0.553. The van der Waals surface area contributed by atoms with Gasteiger partial charge in [-0.25, -0.2) is 9.37 Å². The second-order valence-corrected chi connectivity index (χ2v) is 3.74. The van der Waals surface area contributed by atoms with Gasteiger partial charge in [0.05, 0.1) is 18.4 Å². The van der Waals surface area contributed by atoms with Gasteiger partial charge in [-0.2, -0.15) is 0 Å². The van der Waals surface area contributed by atoms with Gasteiger partial charge in [-0.1, -0.05) is 12.1 Å². The topological polar surface area (TPSA) is 48.4 Å². The summed E-state index contributed by atoms with van der Waals surface area (Å²) in [5.74, 6) is -0.195. The van der Waals surface area contributed by atoms with Gasteiger partial charge in [0.2, 0.25) is 5.88 Å². The van der Waals surface area contributed by atoms with Gasteiger partial charge < -0.3 is 9.47 Å². The van der Waals surface area contributed by atoms with Gasteiger partial charge in [0.15, 0.2) is 17.9 Å². The minimum Gasteiger partial charge on any atom is -0.483 e. The molecule has 0 atom stereocenters. The normalized spacial score (nSPS) is 10.0. The molecular formula is C14H12FNO3. The number of carbonyl (C=O) groups excluding carboxylic acids is 1. The first-order valence-electron chi connectivity index (χ1n) is 5.61. The van der Waals surface area contributed by atoms with Crippen molar-refractivity contribution in [2.24, 2.45) is 0 Å². The van der Waals surface area contributed by atoms with Gasteiger partial charge in [-0.05, 0) is 18.2 Å². The molecule has 0 radical (unpaired) electrons. The number of rotatable bonds is 5. The molecular weight excluding hydrogens is 249 g/mol. The van der Waals surface area contributed by atoms with Crippen LogP contribution in [0.1, 0.15) is 16.1 Å². The van der Waals surface area contributed by atoms with E-state index < -0.39 is 5.82 Å². The van der Waals surface area contributed by atoms with E-state index in [9.17, 15) is 9.18 Å². The van der Waals surface area contributed by atoms with E-state index in [0.29, 0.717) is 17.9 Å². The van der Waals surface area contributed by atoms with E-state index in [-0.39, 0.29) is 17.9 Å². The standard InChI is InChI=1S/C14H12FNO3/c1-18-13-7-3-5-11(16-13)9-19-14-10(8-17)4-2-6-12(14)15/h2-8H,9H2,1H3. The van der Waals surface area contributed by atoms with E-state index in [2.05, 4.69) is 4.98 Å². The maximum absolute atomic E-state index is 13.6. The van der Waals surface area contributed by atoms with Crippen molar-refractivity contribution in [3.05, 3.63) is 53.5 Å². The molecule has 0 aliphatic heterocycles. The van der Waals surface area contributed by atoms with Crippen LogP contribution in [0.5, 0.6) is 11.6 Å². The number of para-hydroxylation sites is 1. The van der Waals surface area contributed by atoms with Crippen molar-refractivity contribution in [3.63, 3.8) is 0 Å². The zero-order chi connectivity index (χ0) is 13.7. The van der Waals surface area contributed by atoms with Crippen molar-refractivity contribution in [3.8, 4) is 11.6 Å². The number of carbonyl (C=O) groups is 1. The number of hydrogen-bond acceptors (Lipinski definition) is 4. The lowest BCUT2D eigenvalue weighted by molar-refractivity contribution is 0.111. The van der Waals surface area contributed by atoms with Crippen molar-refractivity contribution in [1.29, 1.82) is 0 Å². The largest absolute Gasteiger partial charge is 0.483 e. The van der Waals surface area contributed by atoms with Crippen LogP contribution in [0.3, 0.4) is 0 Å². The summed E-state index contributed by atoms with van der Waals surface area (Å²) < 4.78 is 23.9.